The first-order chi connectivity index (χ1) is 12.0. The predicted molar refractivity (Wildman–Crippen MR) is 93.3 cm³/mol. The molecule has 0 spiro atoms. The average molecular weight is 408 g/mol. The molecular formula is C18H18BrNO5. The van der Waals surface area contributed by atoms with E-state index in [9.17, 15) is 10.2 Å². The van der Waals surface area contributed by atoms with Gasteiger partial charge in [-0.05, 0) is 30.7 Å². The second kappa shape index (κ2) is 6.57. The molecule has 0 bridgehead atoms. The van der Waals surface area contributed by atoms with Gasteiger partial charge in [-0.2, -0.15) is 0 Å². The third kappa shape index (κ3) is 3.13. The van der Waals surface area contributed by atoms with Crippen LogP contribution in [0.3, 0.4) is 0 Å². The first kappa shape index (κ1) is 16.8. The van der Waals surface area contributed by atoms with E-state index in [4.69, 9.17) is 14.0 Å². The molecule has 2 aromatic rings. The lowest BCUT2D eigenvalue weighted by atomic mass is 10.00. The monoisotopic (exact) mass is 407 g/mol. The van der Waals surface area contributed by atoms with Crippen molar-refractivity contribution in [1.82, 2.24) is 0 Å². The van der Waals surface area contributed by atoms with Crippen molar-refractivity contribution < 1.29 is 24.2 Å². The number of benzene rings is 1. The lowest BCUT2D eigenvalue weighted by Gasteiger charge is -2.11. The zero-order valence-electron chi connectivity index (χ0n) is 13.6. The number of aliphatic hydroxyl groups excluding tert-OH is 2. The third-order valence-electron chi connectivity index (χ3n) is 4.59. The minimum absolute atomic E-state index is 0.0939. The number of halogens is 1. The highest BCUT2D eigenvalue weighted by Crippen LogP contribution is 2.35. The fraction of sp³-hybridized carbons (Fsp3) is 0.389. The fourth-order valence-corrected chi connectivity index (χ4v) is 3.44. The summed E-state index contributed by atoms with van der Waals surface area (Å²) in [5.74, 6) is 1.18. The molecule has 1 aromatic heterocycles. The summed E-state index contributed by atoms with van der Waals surface area (Å²) in [4.78, 5) is 5.58. The topological polar surface area (TPSA) is 84.4 Å². The van der Waals surface area contributed by atoms with E-state index in [0.29, 0.717) is 17.9 Å². The normalized spacial score (nSPS) is 28.9. The molecule has 3 heterocycles. The molecule has 1 saturated heterocycles. The Morgan fingerprint density at radius 1 is 1.20 bits per heavy atom. The Kier molecular flexibility index (Phi) is 4.41. The number of aryl methyl sites for hydroxylation is 1. The maximum absolute atomic E-state index is 10.00. The summed E-state index contributed by atoms with van der Waals surface area (Å²) in [7, 11) is 0. The molecule has 4 rings (SSSR count). The van der Waals surface area contributed by atoms with Gasteiger partial charge >= 0.3 is 0 Å². The number of ether oxygens (including phenoxy) is 1. The number of hydrogen-bond acceptors (Lipinski definition) is 6. The van der Waals surface area contributed by atoms with Gasteiger partial charge in [-0.25, -0.2) is 0 Å². The highest BCUT2D eigenvalue weighted by Gasteiger charge is 2.38. The van der Waals surface area contributed by atoms with Gasteiger partial charge in [-0.3, -0.25) is 0 Å². The quantitative estimate of drug-likeness (QED) is 0.816. The molecule has 2 aliphatic rings. The Bertz CT molecular complexity index is 800. The Morgan fingerprint density at radius 2 is 1.96 bits per heavy atom. The van der Waals surface area contributed by atoms with E-state index in [0.717, 1.165) is 21.3 Å². The Morgan fingerprint density at radius 3 is 2.64 bits per heavy atom. The SMILES string of the molecule is Cc1oc([C@@H]2OC[C@@H](O)[C@H]2O)cc1C1=NOC(c2ccc(Br)cc2)C1. The second-order valence-corrected chi connectivity index (χ2v) is 7.23. The van der Waals surface area contributed by atoms with Gasteiger partial charge < -0.3 is 24.2 Å². The number of oxime groups is 1. The molecule has 1 unspecified atom stereocenters. The Balaban J connectivity index is 1.52. The van der Waals surface area contributed by atoms with Gasteiger partial charge in [-0.15, -0.1) is 0 Å². The molecule has 7 heteroatoms. The molecule has 0 radical (unpaired) electrons. The summed E-state index contributed by atoms with van der Waals surface area (Å²) in [5, 5.41) is 23.8. The van der Waals surface area contributed by atoms with Crippen LogP contribution < -0.4 is 0 Å². The molecule has 6 nitrogen and oxygen atoms in total. The smallest absolute Gasteiger partial charge is 0.158 e. The molecule has 132 valence electrons. The predicted octanol–water partition coefficient (Wildman–Crippen LogP) is 3.01. The molecule has 0 saturated carbocycles. The van der Waals surface area contributed by atoms with Crippen molar-refractivity contribution in [1.29, 1.82) is 0 Å². The number of rotatable bonds is 3. The first-order valence-electron chi connectivity index (χ1n) is 8.09. The van der Waals surface area contributed by atoms with Gasteiger partial charge in [0.2, 0.25) is 0 Å². The van der Waals surface area contributed by atoms with Gasteiger partial charge in [0.25, 0.3) is 0 Å². The van der Waals surface area contributed by atoms with Crippen LogP contribution >= 0.6 is 15.9 Å². The summed E-state index contributed by atoms with van der Waals surface area (Å²) in [6.45, 7) is 1.93. The molecule has 2 aliphatic heterocycles. The Hall–Kier alpha value is -1.67. The van der Waals surface area contributed by atoms with E-state index >= 15 is 0 Å². The second-order valence-electron chi connectivity index (χ2n) is 6.32. The Labute approximate surface area is 153 Å². The summed E-state index contributed by atoms with van der Waals surface area (Å²) in [5.41, 5.74) is 2.70. The summed E-state index contributed by atoms with van der Waals surface area (Å²) >= 11 is 3.42. The lowest BCUT2D eigenvalue weighted by Crippen LogP contribution is -2.24. The van der Waals surface area contributed by atoms with E-state index < -0.39 is 18.3 Å². The molecular weight excluding hydrogens is 390 g/mol. The summed E-state index contributed by atoms with van der Waals surface area (Å²) < 4.78 is 12.2. The zero-order chi connectivity index (χ0) is 17.6. The van der Waals surface area contributed by atoms with Gasteiger partial charge in [-0.1, -0.05) is 33.2 Å². The van der Waals surface area contributed by atoms with Gasteiger partial charge in [0.15, 0.2) is 6.10 Å². The number of hydrogen-bond donors (Lipinski definition) is 2. The van der Waals surface area contributed by atoms with Crippen molar-refractivity contribution in [2.45, 2.75) is 37.8 Å². The standard InChI is InChI=1S/C18H18BrNO5/c1-9-12(6-16(24-9)18-17(22)14(21)8-23-18)13-7-15(25-20-13)10-2-4-11(19)5-3-10/h2-6,14-15,17-18,21-22H,7-8H2,1H3/t14-,15?,17-,18+/m1/s1. The highest BCUT2D eigenvalue weighted by molar-refractivity contribution is 9.10. The molecule has 25 heavy (non-hydrogen) atoms. The highest BCUT2D eigenvalue weighted by atomic mass is 79.9. The number of aliphatic hydroxyl groups is 2. The molecule has 4 atom stereocenters. The van der Waals surface area contributed by atoms with E-state index in [-0.39, 0.29) is 12.7 Å². The fourth-order valence-electron chi connectivity index (χ4n) is 3.18. The van der Waals surface area contributed by atoms with E-state index in [1.54, 1.807) is 0 Å². The summed E-state index contributed by atoms with van der Waals surface area (Å²) in [6.07, 6.45) is -2.04. The van der Waals surface area contributed by atoms with Crippen molar-refractivity contribution >= 4 is 21.6 Å². The third-order valence-corrected chi connectivity index (χ3v) is 5.12. The van der Waals surface area contributed by atoms with Crippen LogP contribution in [0.1, 0.15) is 41.3 Å². The van der Waals surface area contributed by atoms with E-state index in [1.807, 2.05) is 37.3 Å². The minimum Gasteiger partial charge on any atom is -0.463 e. The molecule has 1 fully saturated rings. The van der Waals surface area contributed by atoms with Crippen LogP contribution in [-0.2, 0) is 9.57 Å². The van der Waals surface area contributed by atoms with Crippen LogP contribution in [0.5, 0.6) is 0 Å². The molecule has 1 aromatic carbocycles. The van der Waals surface area contributed by atoms with Crippen molar-refractivity contribution in [2.75, 3.05) is 6.61 Å². The maximum Gasteiger partial charge on any atom is 0.158 e. The first-order valence-corrected chi connectivity index (χ1v) is 8.89. The van der Waals surface area contributed by atoms with Crippen molar-refractivity contribution in [2.24, 2.45) is 5.16 Å². The van der Waals surface area contributed by atoms with E-state index in [2.05, 4.69) is 21.1 Å². The van der Waals surface area contributed by atoms with Gasteiger partial charge in [0, 0.05) is 16.5 Å². The van der Waals surface area contributed by atoms with Crippen LogP contribution in [0.15, 0.2) is 44.4 Å². The summed E-state index contributed by atoms with van der Waals surface area (Å²) in [6, 6.07) is 9.77. The zero-order valence-corrected chi connectivity index (χ0v) is 15.1. The van der Waals surface area contributed by atoms with Crippen LogP contribution in [0, 0.1) is 6.92 Å². The number of nitrogens with zero attached hydrogens (tertiary/aromatic N) is 1. The van der Waals surface area contributed by atoms with Crippen LogP contribution in [0.2, 0.25) is 0 Å². The number of furan rings is 1. The average Bonchev–Trinajstić information content (AvgIpc) is 3.29. The molecule has 0 amide bonds. The lowest BCUT2D eigenvalue weighted by molar-refractivity contribution is 0.0117. The molecule has 2 N–H and O–H groups in total. The molecule has 0 aliphatic carbocycles. The van der Waals surface area contributed by atoms with E-state index in [1.165, 1.54) is 0 Å². The van der Waals surface area contributed by atoms with Crippen LogP contribution in [0.25, 0.3) is 0 Å². The minimum atomic E-state index is -0.990. The van der Waals surface area contributed by atoms with Crippen molar-refractivity contribution in [3.05, 3.63) is 57.5 Å². The maximum atomic E-state index is 10.00. The van der Waals surface area contributed by atoms with Crippen LogP contribution in [0.4, 0.5) is 0 Å². The van der Waals surface area contributed by atoms with Gasteiger partial charge in [0.1, 0.15) is 29.8 Å². The van der Waals surface area contributed by atoms with Crippen molar-refractivity contribution in [3.63, 3.8) is 0 Å². The largest absolute Gasteiger partial charge is 0.463 e. The van der Waals surface area contributed by atoms with Crippen LogP contribution in [-0.4, -0.2) is 34.7 Å². The van der Waals surface area contributed by atoms with Gasteiger partial charge in [0.05, 0.1) is 12.3 Å². The van der Waals surface area contributed by atoms with Crippen molar-refractivity contribution in [3.8, 4) is 0 Å².